The fourth-order valence-corrected chi connectivity index (χ4v) is 2.14. The van der Waals surface area contributed by atoms with Crippen LogP contribution in [0.1, 0.15) is 56.6 Å². The highest BCUT2D eigenvalue weighted by molar-refractivity contribution is 5.90. The molecule has 0 bridgehead atoms. The lowest BCUT2D eigenvalue weighted by Gasteiger charge is -2.07. The third-order valence-electron chi connectivity index (χ3n) is 3.34. The molecule has 1 amide bonds. The van der Waals surface area contributed by atoms with Gasteiger partial charge in [0.2, 0.25) is 5.91 Å². The zero-order chi connectivity index (χ0) is 15.5. The van der Waals surface area contributed by atoms with E-state index in [1.54, 1.807) is 0 Å². The van der Waals surface area contributed by atoms with Crippen molar-refractivity contribution in [3.8, 4) is 11.8 Å². The van der Waals surface area contributed by atoms with Crippen molar-refractivity contribution in [1.29, 1.82) is 0 Å². The minimum absolute atomic E-state index is 0.0895. The molecule has 0 unspecified atom stereocenters. The van der Waals surface area contributed by atoms with Gasteiger partial charge in [-0.25, -0.2) is 0 Å². The summed E-state index contributed by atoms with van der Waals surface area (Å²) < 4.78 is 0. The van der Waals surface area contributed by atoms with Gasteiger partial charge >= 0.3 is 0 Å². The predicted octanol–water partition coefficient (Wildman–Crippen LogP) is 3.60. The highest BCUT2D eigenvalue weighted by Crippen LogP contribution is 2.15. The van der Waals surface area contributed by atoms with Gasteiger partial charge in [-0.15, -0.1) is 0 Å². The molecule has 3 N–H and O–H groups in total. The number of rotatable bonds is 7. The van der Waals surface area contributed by atoms with Gasteiger partial charge < -0.3 is 11.1 Å². The van der Waals surface area contributed by atoms with Crippen molar-refractivity contribution >= 4 is 11.6 Å². The molecule has 0 saturated heterocycles. The van der Waals surface area contributed by atoms with Crippen LogP contribution < -0.4 is 11.1 Å². The number of amides is 1. The van der Waals surface area contributed by atoms with Crippen LogP contribution in [0.5, 0.6) is 0 Å². The summed E-state index contributed by atoms with van der Waals surface area (Å²) in [5, 5.41) is 2.95. The van der Waals surface area contributed by atoms with Gasteiger partial charge in [0.1, 0.15) is 0 Å². The lowest BCUT2D eigenvalue weighted by molar-refractivity contribution is -0.116. The molecule has 3 heteroatoms. The molecule has 1 aromatic rings. The third kappa shape index (κ3) is 6.97. The second-order valence-electron chi connectivity index (χ2n) is 5.25. The number of nitrogens with two attached hydrogens (primary N) is 1. The van der Waals surface area contributed by atoms with Crippen LogP contribution in [0, 0.1) is 18.8 Å². The molecule has 3 nitrogen and oxygen atoms in total. The minimum atomic E-state index is 0.0895. The smallest absolute Gasteiger partial charge is 0.224 e. The fourth-order valence-electron chi connectivity index (χ4n) is 2.14. The number of carbonyl (C=O) groups excluding carboxylic acids is 1. The van der Waals surface area contributed by atoms with E-state index < -0.39 is 0 Å². The predicted molar refractivity (Wildman–Crippen MR) is 89.1 cm³/mol. The first-order valence-electron chi connectivity index (χ1n) is 7.76. The molecule has 114 valence electrons. The SMILES string of the molecule is CCCCCCCC(=O)Nc1ccc(C#CCN)c(C)c1. The standard InChI is InChI=1S/C18H26N2O/c1-3-4-5-6-7-10-18(21)20-17-12-11-16(9-8-13-19)15(2)14-17/h11-12,14H,3-7,10,13,19H2,1-2H3,(H,20,21). The maximum atomic E-state index is 11.9. The Morgan fingerprint density at radius 2 is 2.00 bits per heavy atom. The fraction of sp³-hybridized carbons (Fsp3) is 0.500. The highest BCUT2D eigenvalue weighted by atomic mass is 16.1. The first-order chi connectivity index (χ1) is 10.2. The third-order valence-corrected chi connectivity index (χ3v) is 3.34. The van der Waals surface area contributed by atoms with Crippen LogP contribution in [0.2, 0.25) is 0 Å². The number of unbranched alkanes of at least 4 members (excludes halogenated alkanes) is 4. The summed E-state index contributed by atoms with van der Waals surface area (Å²) in [6, 6.07) is 5.77. The molecular weight excluding hydrogens is 260 g/mol. The molecular formula is C18H26N2O. The van der Waals surface area contributed by atoms with Gasteiger partial charge in [-0.3, -0.25) is 4.79 Å². The van der Waals surface area contributed by atoms with Crippen LogP contribution >= 0.6 is 0 Å². The number of benzene rings is 1. The zero-order valence-corrected chi connectivity index (χ0v) is 13.2. The zero-order valence-electron chi connectivity index (χ0n) is 13.2. The molecule has 0 atom stereocenters. The van der Waals surface area contributed by atoms with E-state index in [2.05, 4.69) is 24.1 Å². The number of nitrogens with one attached hydrogen (secondary N) is 1. The largest absolute Gasteiger partial charge is 0.326 e. The summed E-state index contributed by atoms with van der Waals surface area (Å²) in [6.45, 7) is 4.54. The number of anilines is 1. The summed E-state index contributed by atoms with van der Waals surface area (Å²) in [7, 11) is 0. The van der Waals surface area contributed by atoms with Gasteiger partial charge in [-0.05, 0) is 37.1 Å². The van der Waals surface area contributed by atoms with Crippen molar-refractivity contribution < 1.29 is 4.79 Å². The van der Waals surface area contributed by atoms with Crippen molar-refractivity contribution in [2.45, 2.75) is 52.4 Å². The molecule has 0 spiro atoms. The number of hydrogen-bond acceptors (Lipinski definition) is 2. The summed E-state index contributed by atoms with van der Waals surface area (Å²) in [5.41, 5.74) is 8.21. The van der Waals surface area contributed by atoms with Crippen molar-refractivity contribution in [2.24, 2.45) is 5.73 Å². The normalized spacial score (nSPS) is 9.86. The molecule has 1 rings (SSSR count). The van der Waals surface area contributed by atoms with Crippen LogP contribution in [-0.2, 0) is 4.79 Å². The molecule has 0 aliphatic rings. The molecule has 0 saturated carbocycles. The topological polar surface area (TPSA) is 55.1 Å². The average molecular weight is 286 g/mol. The van der Waals surface area contributed by atoms with E-state index in [1.807, 2.05) is 25.1 Å². The molecule has 0 heterocycles. The van der Waals surface area contributed by atoms with Crippen LogP contribution in [0.4, 0.5) is 5.69 Å². The van der Waals surface area contributed by atoms with Crippen LogP contribution in [-0.4, -0.2) is 12.5 Å². The van der Waals surface area contributed by atoms with E-state index in [0.29, 0.717) is 13.0 Å². The Morgan fingerprint density at radius 1 is 1.24 bits per heavy atom. The van der Waals surface area contributed by atoms with Gasteiger partial charge in [-0.1, -0.05) is 44.4 Å². The first-order valence-corrected chi connectivity index (χ1v) is 7.76. The second kappa shape index (κ2) is 10.0. The second-order valence-corrected chi connectivity index (χ2v) is 5.25. The Hall–Kier alpha value is -1.79. The number of carbonyl (C=O) groups is 1. The van der Waals surface area contributed by atoms with E-state index >= 15 is 0 Å². The van der Waals surface area contributed by atoms with E-state index in [1.165, 1.54) is 19.3 Å². The maximum Gasteiger partial charge on any atom is 0.224 e. The maximum absolute atomic E-state index is 11.9. The van der Waals surface area contributed by atoms with Gasteiger partial charge in [0, 0.05) is 17.7 Å². The average Bonchev–Trinajstić information content (AvgIpc) is 2.46. The van der Waals surface area contributed by atoms with Crippen LogP contribution in [0.25, 0.3) is 0 Å². The molecule has 0 fully saturated rings. The molecule has 0 aliphatic carbocycles. The van der Waals surface area contributed by atoms with Crippen molar-refractivity contribution in [3.63, 3.8) is 0 Å². The van der Waals surface area contributed by atoms with E-state index in [4.69, 9.17) is 5.73 Å². The van der Waals surface area contributed by atoms with Crippen molar-refractivity contribution in [1.82, 2.24) is 0 Å². The lowest BCUT2D eigenvalue weighted by Crippen LogP contribution is -2.11. The molecule has 21 heavy (non-hydrogen) atoms. The summed E-state index contributed by atoms with van der Waals surface area (Å²) >= 11 is 0. The Morgan fingerprint density at radius 3 is 2.67 bits per heavy atom. The van der Waals surface area contributed by atoms with E-state index in [0.717, 1.165) is 29.7 Å². The minimum Gasteiger partial charge on any atom is -0.326 e. The van der Waals surface area contributed by atoms with Crippen molar-refractivity contribution in [2.75, 3.05) is 11.9 Å². The summed E-state index contributed by atoms with van der Waals surface area (Å²) in [4.78, 5) is 11.9. The number of aryl methyl sites for hydroxylation is 1. The Bertz CT molecular complexity index is 512. The van der Waals surface area contributed by atoms with Gasteiger partial charge in [0.05, 0.1) is 6.54 Å². The Balaban J connectivity index is 2.44. The van der Waals surface area contributed by atoms with Gasteiger partial charge in [0.15, 0.2) is 0 Å². The Kier molecular flexibility index (Phi) is 8.23. The molecule has 0 aromatic heterocycles. The van der Waals surface area contributed by atoms with E-state index in [9.17, 15) is 4.79 Å². The van der Waals surface area contributed by atoms with E-state index in [-0.39, 0.29) is 5.91 Å². The van der Waals surface area contributed by atoms with Crippen LogP contribution in [0.15, 0.2) is 18.2 Å². The highest BCUT2D eigenvalue weighted by Gasteiger charge is 2.03. The molecule has 0 aliphatic heterocycles. The molecule has 0 radical (unpaired) electrons. The summed E-state index contributed by atoms with van der Waals surface area (Å²) in [6.07, 6.45) is 6.39. The number of hydrogen-bond donors (Lipinski definition) is 2. The van der Waals surface area contributed by atoms with Gasteiger partial charge in [0.25, 0.3) is 0 Å². The van der Waals surface area contributed by atoms with Crippen molar-refractivity contribution in [3.05, 3.63) is 29.3 Å². The Labute approximate surface area is 128 Å². The first kappa shape index (κ1) is 17.3. The summed E-state index contributed by atoms with van der Waals surface area (Å²) in [5.74, 6) is 5.95. The van der Waals surface area contributed by atoms with Crippen LogP contribution in [0.3, 0.4) is 0 Å². The quantitative estimate of drug-likeness (QED) is 0.594. The van der Waals surface area contributed by atoms with Gasteiger partial charge in [-0.2, -0.15) is 0 Å². The lowest BCUT2D eigenvalue weighted by atomic mass is 10.1. The molecule has 1 aromatic carbocycles. The monoisotopic (exact) mass is 286 g/mol.